The molecular formula is C12H24N2O. The molecule has 0 aromatic heterocycles. The second kappa shape index (κ2) is 6.83. The van der Waals surface area contributed by atoms with Crippen LogP contribution in [-0.4, -0.2) is 37.0 Å². The summed E-state index contributed by atoms with van der Waals surface area (Å²) >= 11 is 0. The van der Waals surface area contributed by atoms with Crippen molar-refractivity contribution in [2.75, 3.05) is 26.2 Å². The first-order chi connectivity index (χ1) is 7.27. The molecule has 3 nitrogen and oxygen atoms in total. The average molecular weight is 212 g/mol. The lowest BCUT2D eigenvalue weighted by atomic mass is 9.97. The highest BCUT2D eigenvalue weighted by Crippen LogP contribution is 2.14. The van der Waals surface area contributed by atoms with Crippen molar-refractivity contribution < 1.29 is 4.79 Å². The van der Waals surface area contributed by atoms with Gasteiger partial charge in [0.15, 0.2) is 0 Å². The van der Waals surface area contributed by atoms with Gasteiger partial charge in [0, 0.05) is 19.5 Å². The molecule has 0 aliphatic carbocycles. The third kappa shape index (κ3) is 4.20. The van der Waals surface area contributed by atoms with Crippen molar-refractivity contribution in [3.8, 4) is 0 Å². The SMILES string of the molecule is CCCN(CC1CCNCC1)C(=O)CC. The van der Waals surface area contributed by atoms with Gasteiger partial charge in [-0.3, -0.25) is 4.79 Å². The minimum atomic E-state index is 0.315. The molecule has 1 amide bonds. The van der Waals surface area contributed by atoms with Crippen molar-refractivity contribution in [3.05, 3.63) is 0 Å². The molecule has 0 aromatic rings. The molecule has 0 atom stereocenters. The number of hydrogen-bond donors (Lipinski definition) is 1. The van der Waals surface area contributed by atoms with Gasteiger partial charge in [0.2, 0.25) is 5.91 Å². The van der Waals surface area contributed by atoms with Gasteiger partial charge in [-0.15, -0.1) is 0 Å². The number of rotatable bonds is 5. The molecule has 1 rings (SSSR count). The van der Waals surface area contributed by atoms with E-state index in [1.165, 1.54) is 12.8 Å². The fraction of sp³-hybridized carbons (Fsp3) is 0.917. The standard InChI is InChI=1S/C12H24N2O/c1-3-9-14(12(15)4-2)10-11-5-7-13-8-6-11/h11,13H,3-10H2,1-2H3. The molecule has 1 aliphatic heterocycles. The van der Waals surface area contributed by atoms with E-state index < -0.39 is 0 Å². The largest absolute Gasteiger partial charge is 0.342 e. The van der Waals surface area contributed by atoms with Crippen LogP contribution in [0, 0.1) is 5.92 Å². The lowest BCUT2D eigenvalue weighted by Crippen LogP contribution is -2.39. The average Bonchev–Trinajstić information content (AvgIpc) is 2.29. The molecule has 0 saturated carbocycles. The lowest BCUT2D eigenvalue weighted by molar-refractivity contribution is -0.131. The number of carbonyl (C=O) groups is 1. The summed E-state index contributed by atoms with van der Waals surface area (Å²) in [6.45, 7) is 8.22. The van der Waals surface area contributed by atoms with Gasteiger partial charge < -0.3 is 10.2 Å². The van der Waals surface area contributed by atoms with Gasteiger partial charge in [0.25, 0.3) is 0 Å². The van der Waals surface area contributed by atoms with E-state index in [1.807, 2.05) is 6.92 Å². The van der Waals surface area contributed by atoms with Crippen molar-refractivity contribution >= 4 is 5.91 Å². The zero-order valence-corrected chi connectivity index (χ0v) is 10.1. The summed E-state index contributed by atoms with van der Waals surface area (Å²) in [5.41, 5.74) is 0. The maximum Gasteiger partial charge on any atom is 0.222 e. The van der Waals surface area contributed by atoms with Crippen LogP contribution in [0.5, 0.6) is 0 Å². The first-order valence-electron chi connectivity index (χ1n) is 6.26. The summed E-state index contributed by atoms with van der Waals surface area (Å²) in [4.78, 5) is 13.7. The molecule has 88 valence electrons. The van der Waals surface area contributed by atoms with Crippen LogP contribution in [0.15, 0.2) is 0 Å². The Labute approximate surface area is 93.2 Å². The summed E-state index contributed by atoms with van der Waals surface area (Å²) in [6, 6.07) is 0. The van der Waals surface area contributed by atoms with Crippen molar-refractivity contribution in [3.63, 3.8) is 0 Å². The number of piperidine rings is 1. The molecule has 3 heteroatoms. The molecule has 1 N–H and O–H groups in total. The third-order valence-corrected chi connectivity index (χ3v) is 3.09. The van der Waals surface area contributed by atoms with Crippen LogP contribution in [0.3, 0.4) is 0 Å². The highest BCUT2D eigenvalue weighted by atomic mass is 16.2. The Balaban J connectivity index is 2.38. The Morgan fingerprint density at radius 2 is 2.00 bits per heavy atom. The van der Waals surface area contributed by atoms with Gasteiger partial charge in [-0.1, -0.05) is 13.8 Å². The van der Waals surface area contributed by atoms with Gasteiger partial charge >= 0.3 is 0 Å². The van der Waals surface area contributed by atoms with Gasteiger partial charge in [-0.25, -0.2) is 0 Å². The fourth-order valence-corrected chi connectivity index (χ4v) is 2.19. The van der Waals surface area contributed by atoms with E-state index in [0.29, 0.717) is 18.2 Å². The Bertz CT molecular complexity index is 188. The van der Waals surface area contributed by atoms with Crippen LogP contribution in [0.1, 0.15) is 39.5 Å². The predicted octanol–water partition coefficient (Wildman–Crippen LogP) is 1.63. The van der Waals surface area contributed by atoms with Crippen LogP contribution in [0.25, 0.3) is 0 Å². The van der Waals surface area contributed by atoms with Gasteiger partial charge in [-0.05, 0) is 38.3 Å². The first kappa shape index (κ1) is 12.5. The molecule has 15 heavy (non-hydrogen) atoms. The van der Waals surface area contributed by atoms with E-state index in [4.69, 9.17) is 0 Å². The van der Waals surface area contributed by atoms with Crippen LogP contribution < -0.4 is 5.32 Å². The number of hydrogen-bond acceptors (Lipinski definition) is 2. The Morgan fingerprint density at radius 1 is 1.33 bits per heavy atom. The van der Waals surface area contributed by atoms with Crippen molar-refractivity contribution in [2.45, 2.75) is 39.5 Å². The Kier molecular flexibility index (Phi) is 5.69. The lowest BCUT2D eigenvalue weighted by Gasteiger charge is -2.29. The maximum atomic E-state index is 11.7. The highest BCUT2D eigenvalue weighted by Gasteiger charge is 2.18. The van der Waals surface area contributed by atoms with Crippen molar-refractivity contribution in [1.29, 1.82) is 0 Å². The second-order valence-electron chi connectivity index (χ2n) is 4.39. The molecule has 1 aliphatic rings. The number of nitrogens with zero attached hydrogens (tertiary/aromatic N) is 1. The van der Waals surface area contributed by atoms with Gasteiger partial charge in [0.1, 0.15) is 0 Å². The van der Waals surface area contributed by atoms with E-state index in [-0.39, 0.29) is 0 Å². The summed E-state index contributed by atoms with van der Waals surface area (Å²) in [7, 11) is 0. The quantitative estimate of drug-likeness (QED) is 0.751. The van der Waals surface area contributed by atoms with E-state index >= 15 is 0 Å². The summed E-state index contributed by atoms with van der Waals surface area (Å²) in [5.74, 6) is 1.03. The zero-order chi connectivity index (χ0) is 11.1. The van der Waals surface area contributed by atoms with E-state index in [1.54, 1.807) is 0 Å². The molecule has 0 radical (unpaired) electrons. The van der Waals surface area contributed by atoms with Gasteiger partial charge in [-0.2, -0.15) is 0 Å². The normalized spacial score (nSPS) is 17.7. The monoisotopic (exact) mass is 212 g/mol. The number of carbonyl (C=O) groups excluding carboxylic acids is 1. The molecule has 0 aromatic carbocycles. The van der Waals surface area contributed by atoms with Crippen molar-refractivity contribution in [1.82, 2.24) is 10.2 Å². The Hall–Kier alpha value is -0.570. The van der Waals surface area contributed by atoms with Crippen LogP contribution in [-0.2, 0) is 4.79 Å². The van der Waals surface area contributed by atoms with E-state index in [9.17, 15) is 4.79 Å². The molecule has 0 bridgehead atoms. The van der Waals surface area contributed by atoms with E-state index in [0.717, 1.165) is 32.6 Å². The van der Waals surface area contributed by atoms with Crippen LogP contribution >= 0.6 is 0 Å². The highest BCUT2D eigenvalue weighted by molar-refractivity contribution is 5.75. The van der Waals surface area contributed by atoms with Crippen LogP contribution in [0.4, 0.5) is 0 Å². The zero-order valence-electron chi connectivity index (χ0n) is 10.1. The van der Waals surface area contributed by atoms with Crippen molar-refractivity contribution in [2.24, 2.45) is 5.92 Å². The smallest absolute Gasteiger partial charge is 0.222 e. The Morgan fingerprint density at radius 3 is 2.53 bits per heavy atom. The first-order valence-corrected chi connectivity index (χ1v) is 6.26. The summed E-state index contributed by atoms with van der Waals surface area (Å²) in [5, 5.41) is 3.36. The second-order valence-corrected chi connectivity index (χ2v) is 4.39. The van der Waals surface area contributed by atoms with Crippen LogP contribution in [0.2, 0.25) is 0 Å². The summed E-state index contributed by atoms with van der Waals surface area (Å²) < 4.78 is 0. The van der Waals surface area contributed by atoms with Gasteiger partial charge in [0.05, 0.1) is 0 Å². The minimum absolute atomic E-state index is 0.315. The molecule has 0 unspecified atom stereocenters. The molecule has 0 spiro atoms. The fourth-order valence-electron chi connectivity index (χ4n) is 2.19. The minimum Gasteiger partial charge on any atom is -0.342 e. The molecule has 1 heterocycles. The summed E-state index contributed by atoms with van der Waals surface area (Å²) in [6.07, 6.45) is 4.15. The molecule has 1 fully saturated rings. The topological polar surface area (TPSA) is 32.3 Å². The maximum absolute atomic E-state index is 11.7. The third-order valence-electron chi connectivity index (χ3n) is 3.09. The number of amides is 1. The number of nitrogens with one attached hydrogen (secondary N) is 1. The molecular weight excluding hydrogens is 188 g/mol. The molecule has 1 saturated heterocycles. The predicted molar refractivity (Wildman–Crippen MR) is 62.8 cm³/mol. The van der Waals surface area contributed by atoms with E-state index in [2.05, 4.69) is 17.1 Å².